The van der Waals surface area contributed by atoms with E-state index in [-0.39, 0.29) is 5.91 Å². The number of aromatic nitrogens is 5. The second-order valence-corrected chi connectivity index (χ2v) is 7.05. The number of anilines is 1. The first-order chi connectivity index (χ1) is 14.1. The minimum absolute atomic E-state index is 0.132. The van der Waals surface area contributed by atoms with Crippen molar-refractivity contribution >= 4 is 23.3 Å². The van der Waals surface area contributed by atoms with Gasteiger partial charge in [-0.05, 0) is 25.1 Å². The van der Waals surface area contributed by atoms with Gasteiger partial charge in [0.05, 0.1) is 30.9 Å². The fourth-order valence-electron chi connectivity index (χ4n) is 3.26. The standard InChI is InChI=1S/C19H20ClN7O2/c1-13-18(23-24-27(13)15-5-3-4-14(20)10-15)19(28)26-8-6-25(7-9-26)16-11-21-12-17(22-16)29-2/h3-5,10-12H,6-9H2,1-2H3. The molecule has 150 valence electrons. The Morgan fingerprint density at radius 1 is 1.17 bits per heavy atom. The van der Waals surface area contributed by atoms with E-state index in [1.165, 1.54) is 0 Å². The van der Waals surface area contributed by atoms with Crippen molar-refractivity contribution in [3.8, 4) is 11.6 Å². The van der Waals surface area contributed by atoms with Gasteiger partial charge in [0.2, 0.25) is 5.88 Å². The Labute approximate surface area is 172 Å². The molecule has 1 aliphatic heterocycles. The Bertz CT molecular complexity index is 1030. The maximum absolute atomic E-state index is 13.0. The average molecular weight is 414 g/mol. The summed E-state index contributed by atoms with van der Waals surface area (Å²) in [4.78, 5) is 25.4. The van der Waals surface area contributed by atoms with Crippen molar-refractivity contribution in [2.24, 2.45) is 0 Å². The Morgan fingerprint density at radius 3 is 2.69 bits per heavy atom. The molecule has 3 aromatic rings. The van der Waals surface area contributed by atoms with Gasteiger partial charge in [0, 0.05) is 31.2 Å². The van der Waals surface area contributed by atoms with E-state index >= 15 is 0 Å². The molecule has 0 radical (unpaired) electrons. The van der Waals surface area contributed by atoms with Crippen LogP contribution in [0, 0.1) is 6.92 Å². The molecule has 1 fully saturated rings. The van der Waals surface area contributed by atoms with Crippen molar-refractivity contribution in [1.29, 1.82) is 0 Å². The van der Waals surface area contributed by atoms with E-state index in [2.05, 4.69) is 25.2 Å². The Kier molecular flexibility index (Phi) is 5.30. The lowest BCUT2D eigenvalue weighted by molar-refractivity contribution is 0.0739. The van der Waals surface area contributed by atoms with Crippen LogP contribution in [0.25, 0.3) is 5.69 Å². The smallest absolute Gasteiger partial charge is 0.276 e. The highest BCUT2D eigenvalue weighted by Gasteiger charge is 2.27. The number of nitrogens with zero attached hydrogens (tertiary/aromatic N) is 7. The quantitative estimate of drug-likeness (QED) is 0.646. The lowest BCUT2D eigenvalue weighted by Gasteiger charge is -2.35. The molecule has 1 amide bonds. The van der Waals surface area contributed by atoms with Gasteiger partial charge in [-0.1, -0.05) is 22.9 Å². The molecular weight excluding hydrogens is 394 g/mol. The van der Waals surface area contributed by atoms with Crippen LogP contribution in [0.5, 0.6) is 5.88 Å². The van der Waals surface area contributed by atoms with E-state index in [0.29, 0.717) is 48.5 Å². The topological polar surface area (TPSA) is 89.3 Å². The SMILES string of the molecule is COc1cncc(N2CCN(C(=O)c3nnn(-c4cccc(Cl)c4)c3C)CC2)n1. The first-order valence-corrected chi connectivity index (χ1v) is 9.53. The zero-order chi connectivity index (χ0) is 20.4. The van der Waals surface area contributed by atoms with E-state index in [9.17, 15) is 4.79 Å². The van der Waals surface area contributed by atoms with Crippen LogP contribution in [-0.4, -0.2) is 69.1 Å². The molecule has 10 heteroatoms. The molecule has 0 bridgehead atoms. The highest BCUT2D eigenvalue weighted by atomic mass is 35.5. The Balaban J connectivity index is 1.46. The monoisotopic (exact) mass is 413 g/mol. The molecule has 0 unspecified atom stereocenters. The number of hydrogen-bond donors (Lipinski definition) is 0. The number of amides is 1. The van der Waals surface area contributed by atoms with Crippen LogP contribution in [0.15, 0.2) is 36.7 Å². The summed E-state index contributed by atoms with van der Waals surface area (Å²) in [7, 11) is 1.56. The lowest BCUT2D eigenvalue weighted by Crippen LogP contribution is -2.49. The maximum Gasteiger partial charge on any atom is 0.276 e. The minimum atomic E-state index is -0.132. The van der Waals surface area contributed by atoms with Crippen LogP contribution in [0.3, 0.4) is 0 Å². The van der Waals surface area contributed by atoms with Gasteiger partial charge >= 0.3 is 0 Å². The highest BCUT2D eigenvalue weighted by Crippen LogP contribution is 2.19. The van der Waals surface area contributed by atoms with Gasteiger partial charge in [0.25, 0.3) is 5.91 Å². The third-order valence-corrected chi connectivity index (χ3v) is 5.08. The Morgan fingerprint density at radius 2 is 1.97 bits per heavy atom. The number of ether oxygens (including phenoxy) is 1. The zero-order valence-corrected chi connectivity index (χ0v) is 16.9. The molecule has 29 heavy (non-hydrogen) atoms. The van der Waals surface area contributed by atoms with Gasteiger partial charge in [-0.3, -0.25) is 9.78 Å². The highest BCUT2D eigenvalue weighted by molar-refractivity contribution is 6.30. The molecule has 2 aromatic heterocycles. The third-order valence-electron chi connectivity index (χ3n) is 4.85. The van der Waals surface area contributed by atoms with E-state index < -0.39 is 0 Å². The number of methoxy groups -OCH3 is 1. The summed E-state index contributed by atoms with van der Waals surface area (Å²) in [5.41, 5.74) is 1.79. The van der Waals surface area contributed by atoms with Gasteiger partial charge < -0.3 is 14.5 Å². The summed E-state index contributed by atoms with van der Waals surface area (Å²) in [6, 6.07) is 7.28. The summed E-state index contributed by atoms with van der Waals surface area (Å²) in [6.45, 7) is 4.24. The van der Waals surface area contributed by atoms with Crippen LogP contribution in [0.2, 0.25) is 5.02 Å². The van der Waals surface area contributed by atoms with Crippen molar-refractivity contribution in [1.82, 2.24) is 29.9 Å². The van der Waals surface area contributed by atoms with Crippen LogP contribution in [0.4, 0.5) is 5.82 Å². The fourth-order valence-corrected chi connectivity index (χ4v) is 3.44. The number of hydrogen-bond acceptors (Lipinski definition) is 7. The second kappa shape index (κ2) is 8.04. The number of carbonyl (C=O) groups excluding carboxylic acids is 1. The first-order valence-electron chi connectivity index (χ1n) is 9.15. The molecule has 0 aliphatic carbocycles. The molecule has 0 atom stereocenters. The molecule has 1 aliphatic rings. The first kappa shape index (κ1) is 19.1. The molecule has 1 aromatic carbocycles. The van der Waals surface area contributed by atoms with Gasteiger partial charge in [-0.15, -0.1) is 5.10 Å². The molecular formula is C19H20ClN7O2. The Hall–Kier alpha value is -3.20. The second-order valence-electron chi connectivity index (χ2n) is 6.61. The number of piperazine rings is 1. The van der Waals surface area contributed by atoms with Crippen LogP contribution >= 0.6 is 11.6 Å². The van der Waals surface area contributed by atoms with E-state index in [4.69, 9.17) is 16.3 Å². The van der Waals surface area contributed by atoms with Crippen molar-refractivity contribution in [2.75, 3.05) is 38.2 Å². The van der Waals surface area contributed by atoms with Crippen LogP contribution < -0.4 is 9.64 Å². The predicted molar refractivity (Wildman–Crippen MR) is 108 cm³/mol. The number of halogens is 1. The summed E-state index contributed by atoms with van der Waals surface area (Å²) < 4.78 is 6.76. The largest absolute Gasteiger partial charge is 0.480 e. The van der Waals surface area contributed by atoms with Crippen LogP contribution in [0.1, 0.15) is 16.2 Å². The fraction of sp³-hybridized carbons (Fsp3) is 0.316. The van der Waals surface area contributed by atoms with E-state index in [1.807, 2.05) is 19.1 Å². The minimum Gasteiger partial charge on any atom is -0.480 e. The molecule has 1 saturated heterocycles. The zero-order valence-electron chi connectivity index (χ0n) is 16.1. The van der Waals surface area contributed by atoms with Crippen molar-refractivity contribution < 1.29 is 9.53 Å². The number of carbonyl (C=O) groups is 1. The normalized spacial score (nSPS) is 14.2. The number of rotatable bonds is 4. The van der Waals surface area contributed by atoms with Gasteiger partial charge in [0.15, 0.2) is 11.5 Å². The number of benzene rings is 1. The van der Waals surface area contributed by atoms with Gasteiger partial charge in [0.1, 0.15) is 0 Å². The average Bonchev–Trinajstić information content (AvgIpc) is 3.14. The molecule has 0 N–H and O–H groups in total. The molecule has 4 rings (SSSR count). The van der Waals surface area contributed by atoms with Crippen molar-refractivity contribution in [3.05, 3.63) is 53.1 Å². The van der Waals surface area contributed by atoms with Crippen molar-refractivity contribution in [3.63, 3.8) is 0 Å². The van der Waals surface area contributed by atoms with Crippen LogP contribution in [-0.2, 0) is 0 Å². The molecule has 0 spiro atoms. The maximum atomic E-state index is 13.0. The summed E-state index contributed by atoms with van der Waals surface area (Å²) in [5.74, 6) is 1.07. The third kappa shape index (κ3) is 3.86. The molecule has 9 nitrogen and oxygen atoms in total. The van der Waals surface area contributed by atoms with Gasteiger partial charge in [-0.25, -0.2) is 4.68 Å². The van der Waals surface area contributed by atoms with E-state index in [0.717, 1.165) is 11.5 Å². The molecule has 0 saturated carbocycles. The summed E-state index contributed by atoms with van der Waals surface area (Å²) in [6.07, 6.45) is 3.26. The molecule has 3 heterocycles. The summed E-state index contributed by atoms with van der Waals surface area (Å²) >= 11 is 6.06. The van der Waals surface area contributed by atoms with E-state index in [1.54, 1.807) is 41.2 Å². The van der Waals surface area contributed by atoms with Gasteiger partial charge in [-0.2, -0.15) is 4.98 Å². The lowest BCUT2D eigenvalue weighted by atomic mass is 10.2. The van der Waals surface area contributed by atoms with Crippen molar-refractivity contribution in [2.45, 2.75) is 6.92 Å². The predicted octanol–water partition coefficient (Wildman–Crippen LogP) is 1.99. The summed E-state index contributed by atoms with van der Waals surface area (Å²) in [5, 5.41) is 8.86.